The lowest BCUT2D eigenvalue weighted by Gasteiger charge is -2.41. The molecule has 0 bridgehead atoms. The third kappa shape index (κ3) is 1.89. The van der Waals surface area contributed by atoms with Crippen molar-refractivity contribution in [3.05, 3.63) is 24.3 Å². The SMILES string of the molecule is CC1CCN1c1ccccc1OCC#N. The lowest BCUT2D eigenvalue weighted by molar-refractivity contribution is 0.363. The summed E-state index contributed by atoms with van der Waals surface area (Å²) in [5.74, 6) is 0.811. The molecule has 1 aliphatic heterocycles. The van der Waals surface area contributed by atoms with E-state index in [1.165, 1.54) is 6.42 Å². The summed E-state index contributed by atoms with van der Waals surface area (Å²) >= 11 is 0. The van der Waals surface area contributed by atoms with Crippen LogP contribution in [-0.2, 0) is 0 Å². The highest BCUT2D eigenvalue weighted by Crippen LogP contribution is 2.34. The molecule has 15 heavy (non-hydrogen) atoms. The zero-order chi connectivity index (χ0) is 10.7. The van der Waals surface area contributed by atoms with Crippen LogP contribution in [0.25, 0.3) is 0 Å². The third-order valence-electron chi connectivity index (χ3n) is 2.79. The van der Waals surface area contributed by atoms with Crippen molar-refractivity contribution in [2.75, 3.05) is 18.1 Å². The highest BCUT2D eigenvalue weighted by molar-refractivity contribution is 5.60. The van der Waals surface area contributed by atoms with E-state index in [2.05, 4.69) is 11.8 Å². The normalized spacial score (nSPS) is 19.2. The van der Waals surface area contributed by atoms with E-state index in [1.807, 2.05) is 30.3 Å². The molecule has 3 nitrogen and oxygen atoms in total. The Labute approximate surface area is 89.9 Å². The first-order chi connectivity index (χ1) is 7.33. The molecule has 0 aromatic heterocycles. The van der Waals surface area contributed by atoms with Crippen LogP contribution in [0.2, 0.25) is 0 Å². The summed E-state index contributed by atoms with van der Waals surface area (Å²) in [7, 11) is 0. The van der Waals surface area contributed by atoms with Crippen molar-refractivity contribution >= 4 is 5.69 Å². The molecule has 0 spiro atoms. The van der Waals surface area contributed by atoms with Crippen molar-refractivity contribution in [3.8, 4) is 11.8 Å². The Morgan fingerprint density at radius 1 is 1.53 bits per heavy atom. The minimum absolute atomic E-state index is 0.110. The smallest absolute Gasteiger partial charge is 0.174 e. The number of ether oxygens (including phenoxy) is 1. The van der Waals surface area contributed by atoms with Gasteiger partial charge in [0.1, 0.15) is 11.8 Å². The van der Waals surface area contributed by atoms with Crippen LogP contribution >= 0.6 is 0 Å². The van der Waals surface area contributed by atoms with Gasteiger partial charge in [0.15, 0.2) is 6.61 Å². The number of nitriles is 1. The Bertz CT molecular complexity index is 383. The van der Waals surface area contributed by atoms with Gasteiger partial charge in [-0.1, -0.05) is 12.1 Å². The molecular formula is C12H14N2O. The Balaban J connectivity index is 2.18. The Hall–Kier alpha value is -1.69. The van der Waals surface area contributed by atoms with Crippen LogP contribution in [0.4, 0.5) is 5.69 Å². The highest BCUT2D eigenvalue weighted by Gasteiger charge is 2.25. The van der Waals surface area contributed by atoms with Crippen LogP contribution in [0.15, 0.2) is 24.3 Å². The zero-order valence-corrected chi connectivity index (χ0v) is 8.81. The predicted octanol–water partition coefficient (Wildman–Crippen LogP) is 2.19. The maximum Gasteiger partial charge on any atom is 0.174 e. The first-order valence-electron chi connectivity index (χ1n) is 5.18. The molecule has 1 aromatic carbocycles. The van der Waals surface area contributed by atoms with E-state index in [0.717, 1.165) is 18.0 Å². The monoisotopic (exact) mass is 202 g/mol. The molecule has 1 saturated heterocycles. The molecule has 1 aliphatic rings. The van der Waals surface area contributed by atoms with E-state index in [-0.39, 0.29) is 6.61 Å². The van der Waals surface area contributed by atoms with E-state index >= 15 is 0 Å². The fourth-order valence-corrected chi connectivity index (χ4v) is 1.80. The molecular weight excluding hydrogens is 188 g/mol. The predicted molar refractivity (Wildman–Crippen MR) is 59.0 cm³/mol. The summed E-state index contributed by atoms with van der Waals surface area (Å²) in [5, 5.41) is 8.49. The molecule has 0 saturated carbocycles. The molecule has 0 radical (unpaired) electrons. The molecule has 0 aliphatic carbocycles. The molecule has 2 rings (SSSR count). The van der Waals surface area contributed by atoms with E-state index in [9.17, 15) is 0 Å². The van der Waals surface area contributed by atoms with Crippen LogP contribution in [0.3, 0.4) is 0 Å². The molecule has 0 N–H and O–H groups in total. The molecule has 1 unspecified atom stereocenters. The number of hydrogen-bond donors (Lipinski definition) is 0. The minimum Gasteiger partial charge on any atom is -0.477 e. The van der Waals surface area contributed by atoms with Crippen LogP contribution in [0.5, 0.6) is 5.75 Å². The standard InChI is InChI=1S/C12H14N2O/c1-10-6-8-14(10)11-4-2-3-5-12(11)15-9-7-13/h2-5,10H,6,8-9H2,1H3. The van der Waals surface area contributed by atoms with Gasteiger partial charge in [0, 0.05) is 12.6 Å². The molecule has 0 amide bonds. The van der Waals surface area contributed by atoms with Crippen LogP contribution in [0, 0.1) is 11.3 Å². The summed E-state index contributed by atoms with van der Waals surface area (Å²) in [4.78, 5) is 2.30. The summed E-state index contributed by atoms with van der Waals surface area (Å²) in [5.41, 5.74) is 1.10. The molecule has 78 valence electrons. The van der Waals surface area contributed by atoms with Gasteiger partial charge in [-0.05, 0) is 25.5 Å². The second kappa shape index (κ2) is 4.22. The second-order valence-corrected chi connectivity index (χ2v) is 3.75. The van der Waals surface area contributed by atoms with Crippen LogP contribution in [-0.4, -0.2) is 19.2 Å². The number of benzene rings is 1. The summed E-state index contributed by atoms with van der Waals surface area (Å²) < 4.78 is 5.39. The van der Waals surface area contributed by atoms with Crippen molar-refractivity contribution in [2.24, 2.45) is 0 Å². The number of para-hydroxylation sites is 2. The van der Waals surface area contributed by atoms with Gasteiger partial charge in [-0.3, -0.25) is 0 Å². The highest BCUT2D eigenvalue weighted by atomic mass is 16.5. The van der Waals surface area contributed by atoms with Crippen molar-refractivity contribution < 1.29 is 4.74 Å². The molecule has 1 fully saturated rings. The van der Waals surface area contributed by atoms with Gasteiger partial charge in [0.25, 0.3) is 0 Å². The lowest BCUT2D eigenvalue weighted by Crippen LogP contribution is -2.45. The summed E-state index contributed by atoms with van der Waals surface area (Å²) in [6.45, 7) is 3.39. The second-order valence-electron chi connectivity index (χ2n) is 3.75. The molecule has 1 atom stereocenters. The van der Waals surface area contributed by atoms with Gasteiger partial charge < -0.3 is 9.64 Å². The molecule has 3 heteroatoms. The van der Waals surface area contributed by atoms with Gasteiger partial charge in [-0.15, -0.1) is 0 Å². The number of anilines is 1. The Kier molecular flexibility index (Phi) is 2.77. The summed E-state index contributed by atoms with van der Waals surface area (Å²) in [6.07, 6.45) is 1.23. The van der Waals surface area contributed by atoms with Gasteiger partial charge in [-0.2, -0.15) is 5.26 Å². The van der Waals surface area contributed by atoms with E-state index < -0.39 is 0 Å². The van der Waals surface area contributed by atoms with E-state index in [0.29, 0.717) is 6.04 Å². The number of hydrogen-bond acceptors (Lipinski definition) is 3. The topological polar surface area (TPSA) is 36.3 Å². The fraction of sp³-hybridized carbons (Fsp3) is 0.417. The van der Waals surface area contributed by atoms with Crippen LogP contribution in [0.1, 0.15) is 13.3 Å². The average Bonchev–Trinajstić information content (AvgIpc) is 2.26. The van der Waals surface area contributed by atoms with Gasteiger partial charge in [-0.25, -0.2) is 0 Å². The van der Waals surface area contributed by atoms with Gasteiger partial charge in [0.05, 0.1) is 5.69 Å². The summed E-state index contributed by atoms with van der Waals surface area (Å²) in [6, 6.07) is 10.5. The van der Waals surface area contributed by atoms with Crippen LogP contribution < -0.4 is 9.64 Å². The van der Waals surface area contributed by atoms with Crippen molar-refractivity contribution in [3.63, 3.8) is 0 Å². The Morgan fingerprint density at radius 3 is 2.93 bits per heavy atom. The average molecular weight is 202 g/mol. The van der Waals surface area contributed by atoms with Gasteiger partial charge in [0.2, 0.25) is 0 Å². The largest absolute Gasteiger partial charge is 0.477 e. The minimum atomic E-state index is 0.110. The fourth-order valence-electron chi connectivity index (χ4n) is 1.80. The quantitative estimate of drug-likeness (QED) is 0.753. The zero-order valence-electron chi connectivity index (χ0n) is 8.81. The molecule has 1 aromatic rings. The van der Waals surface area contributed by atoms with Crippen molar-refractivity contribution in [1.29, 1.82) is 5.26 Å². The third-order valence-corrected chi connectivity index (χ3v) is 2.79. The maximum atomic E-state index is 8.49. The first kappa shape index (κ1) is 9.85. The van der Waals surface area contributed by atoms with E-state index in [1.54, 1.807) is 0 Å². The van der Waals surface area contributed by atoms with Gasteiger partial charge >= 0.3 is 0 Å². The van der Waals surface area contributed by atoms with Crippen molar-refractivity contribution in [2.45, 2.75) is 19.4 Å². The molecule has 1 heterocycles. The number of nitrogens with zero attached hydrogens (tertiary/aromatic N) is 2. The van der Waals surface area contributed by atoms with E-state index in [4.69, 9.17) is 10.00 Å². The lowest BCUT2D eigenvalue weighted by atomic mass is 10.0. The van der Waals surface area contributed by atoms with Crippen molar-refractivity contribution in [1.82, 2.24) is 0 Å². The Morgan fingerprint density at radius 2 is 2.33 bits per heavy atom. The maximum absolute atomic E-state index is 8.49. The number of rotatable bonds is 3. The first-order valence-corrected chi connectivity index (χ1v) is 5.18.